The second-order valence-corrected chi connectivity index (χ2v) is 6.15. The first-order chi connectivity index (χ1) is 11.3. The third-order valence-electron chi connectivity index (χ3n) is 4.29. The van der Waals surface area contributed by atoms with Crippen molar-refractivity contribution in [2.24, 2.45) is 4.99 Å². The van der Waals surface area contributed by atoms with Gasteiger partial charge >= 0.3 is 0 Å². The van der Waals surface area contributed by atoms with E-state index in [4.69, 9.17) is 0 Å². The van der Waals surface area contributed by atoms with Gasteiger partial charge in [0.2, 0.25) is 5.95 Å². The largest absolute Gasteiger partial charge is 0.356 e. The van der Waals surface area contributed by atoms with Crippen LogP contribution in [-0.4, -0.2) is 73.2 Å². The number of rotatable bonds is 6. The van der Waals surface area contributed by atoms with Gasteiger partial charge in [0, 0.05) is 58.2 Å². The summed E-state index contributed by atoms with van der Waals surface area (Å²) >= 11 is 0. The Labute approximate surface area is 161 Å². The van der Waals surface area contributed by atoms with Gasteiger partial charge in [0.25, 0.3) is 0 Å². The molecule has 24 heavy (non-hydrogen) atoms. The molecule has 0 radical (unpaired) electrons. The second kappa shape index (κ2) is 9.97. The standard InChI is InChI=1S/C16H27N7.HI/c1-17-15(21-14-4-5-14)18-8-3-9-22-10-12-23(13-11-22)16-19-6-2-7-20-16;/h2,6-7,14H,3-5,8-13H2,1H3,(H2,17,18,21);1H. The number of aromatic nitrogens is 2. The molecular weight excluding hydrogens is 417 g/mol. The molecule has 2 aliphatic rings. The van der Waals surface area contributed by atoms with Crippen molar-refractivity contribution >= 4 is 35.9 Å². The summed E-state index contributed by atoms with van der Waals surface area (Å²) in [4.78, 5) is 17.7. The molecule has 0 aromatic carbocycles. The van der Waals surface area contributed by atoms with E-state index in [1.165, 1.54) is 12.8 Å². The van der Waals surface area contributed by atoms with Crippen molar-refractivity contribution in [1.29, 1.82) is 0 Å². The van der Waals surface area contributed by atoms with Crippen molar-refractivity contribution in [2.75, 3.05) is 51.2 Å². The molecule has 1 aromatic rings. The number of anilines is 1. The summed E-state index contributed by atoms with van der Waals surface area (Å²) in [6.07, 6.45) is 7.30. The second-order valence-electron chi connectivity index (χ2n) is 6.15. The summed E-state index contributed by atoms with van der Waals surface area (Å²) in [7, 11) is 1.84. The number of nitrogens with zero attached hydrogens (tertiary/aromatic N) is 5. The molecule has 2 N–H and O–H groups in total. The molecule has 7 nitrogen and oxygen atoms in total. The first-order valence-electron chi connectivity index (χ1n) is 8.56. The van der Waals surface area contributed by atoms with Gasteiger partial charge < -0.3 is 15.5 Å². The van der Waals surface area contributed by atoms with Crippen LogP contribution in [0.5, 0.6) is 0 Å². The molecule has 1 aromatic heterocycles. The van der Waals surface area contributed by atoms with Crippen LogP contribution in [0.4, 0.5) is 5.95 Å². The van der Waals surface area contributed by atoms with Crippen LogP contribution in [0.3, 0.4) is 0 Å². The molecule has 1 aliphatic heterocycles. The number of hydrogen-bond acceptors (Lipinski definition) is 5. The van der Waals surface area contributed by atoms with Crippen molar-refractivity contribution in [3.8, 4) is 0 Å². The van der Waals surface area contributed by atoms with Crippen molar-refractivity contribution in [3.63, 3.8) is 0 Å². The highest BCUT2D eigenvalue weighted by molar-refractivity contribution is 14.0. The average Bonchev–Trinajstić information content (AvgIpc) is 3.43. The Kier molecular flexibility index (Phi) is 7.97. The molecular formula is C16H28IN7. The van der Waals surface area contributed by atoms with Crippen LogP contribution in [0.1, 0.15) is 19.3 Å². The van der Waals surface area contributed by atoms with Gasteiger partial charge in [-0.3, -0.25) is 9.89 Å². The van der Waals surface area contributed by atoms with Crippen LogP contribution in [-0.2, 0) is 0 Å². The summed E-state index contributed by atoms with van der Waals surface area (Å²) in [5.41, 5.74) is 0. The van der Waals surface area contributed by atoms with Crippen LogP contribution in [0, 0.1) is 0 Å². The number of halogens is 1. The Bertz CT molecular complexity index is 498. The molecule has 1 aliphatic carbocycles. The topological polar surface area (TPSA) is 68.7 Å². The lowest BCUT2D eigenvalue weighted by Gasteiger charge is -2.34. The zero-order chi connectivity index (χ0) is 15.9. The Morgan fingerprint density at radius 1 is 1.21 bits per heavy atom. The summed E-state index contributed by atoms with van der Waals surface area (Å²) in [5.74, 6) is 1.79. The monoisotopic (exact) mass is 445 g/mol. The first-order valence-corrected chi connectivity index (χ1v) is 8.56. The number of nitrogens with one attached hydrogen (secondary N) is 2. The van der Waals surface area contributed by atoms with Crippen molar-refractivity contribution in [2.45, 2.75) is 25.3 Å². The fourth-order valence-corrected chi connectivity index (χ4v) is 2.75. The van der Waals surface area contributed by atoms with Crippen molar-refractivity contribution < 1.29 is 0 Å². The van der Waals surface area contributed by atoms with E-state index in [1.54, 1.807) is 0 Å². The van der Waals surface area contributed by atoms with Crippen LogP contribution in [0.15, 0.2) is 23.5 Å². The lowest BCUT2D eigenvalue weighted by molar-refractivity contribution is 0.254. The Hall–Kier alpha value is -1.16. The van der Waals surface area contributed by atoms with E-state index in [9.17, 15) is 0 Å². The Morgan fingerprint density at radius 3 is 2.54 bits per heavy atom. The molecule has 2 fully saturated rings. The maximum absolute atomic E-state index is 4.33. The van der Waals surface area contributed by atoms with Gasteiger partial charge in [-0.2, -0.15) is 0 Å². The molecule has 0 unspecified atom stereocenters. The summed E-state index contributed by atoms with van der Waals surface area (Å²) in [5, 5.41) is 6.80. The molecule has 0 bridgehead atoms. The zero-order valence-corrected chi connectivity index (χ0v) is 16.6. The third-order valence-corrected chi connectivity index (χ3v) is 4.29. The molecule has 1 saturated carbocycles. The Balaban J connectivity index is 0.00000208. The van der Waals surface area contributed by atoms with E-state index in [0.717, 1.165) is 57.6 Å². The molecule has 0 amide bonds. The van der Waals surface area contributed by atoms with E-state index in [2.05, 4.69) is 35.4 Å². The highest BCUT2D eigenvalue weighted by atomic mass is 127. The molecule has 0 atom stereocenters. The minimum atomic E-state index is 0. The van der Waals surface area contributed by atoms with E-state index in [0.29, 0.717) is 6.04 Å². The van der Waals surface area contributed by atoms with E-state index >= 15 is 0 Å². The highest BCUT2D eigenvalue weighted by Gasteiger charge is 2.22. The zero-order valence-electron chi connectivity index (χ0n) is 14.3. The maximum Gasteiger partial charge on any atom is 0.225 e. The molecule has 8 heteroatoms. The predicted octanol–water partition coefficient (Wildman–Crippen LogP) is 0.934. The average molecular weight is 445 g/mol. The lowest BCUT2D eigenvalue weighted by atomic mass is 10.3. The van der Waals surface area contributed by atoms with Gasteiger partial charge in [0.05, 0.1) is 0 Å². The van der Waals surface area contributed by atoms with Crippen LogP contribution in [0.2, 0.25) is 0 Å². The maximum atomic E-state index is 4.33. The van der Waals surface area contributed by atoms with Crippen LogP contribution >= 0.6 is 24.0 Å². The fourth-order valence-electron chi connectivity index (χ4n) is 2.75. The van der Waals surface area contributed by atoms with E-state index < -0.39 is 0 Å². The normalized spacial score (nSPS) is 18.9. The summed E-state index contributed by atoms with van der Waals surface area (Å²) in [6.45, 7) is 6.25. The number of guanidine groups is 1. The number of aliphatic imine (C=N–C) groups is 1. The molecule has 0 spiro atoms. The van der Waals surface area contributed by atoms with Gasteiger partial charge in [-0.15, -0.1) is 24.0 Å². The van der Waals surface area contributed by atoms with Gasteiger partial charge in [0.1, 0.15) is 0 Å². The third kappa shape index (κ3) is 6.04. The molecule has 3 rings (SSSR count). The quantitative estimate of drug-likeness (QED) is 0.294. The number of hydrogen-bond donors (Lipinski definition) is 2. The van der Waals surface area contributed by atoms with Crippen LogP contribution < -0.4 is 15.5 Å². The lowest BCUT2D eigenvalue weighted by Crippen LogP contribution is -2.47. The first kappa shape index (κ1) is 19.2. The minimum absolute atomic E-state index is 0. The van der Waals surface area contributed by atoms with E-state index in [1.807, 2.05) is 25.5 Å². The fraction of sp³-hybridized carbons (Fsp3) is 0.688. The summed E-state index contributed by atoms with van der Waals surface area (Å²) in [6, 6.07) is 2.51. The predicted molar refractivity (Wildman–Crippen MR) is 108 cm³/mol. The van der Waals surface area contributed by atoms with Gasteiger partial charge in [-0.25, -0.2) is 9.97 Å². The molecule has 2 heterocycles. The van der Waals surface area contributed by atoms with Crippen molar-refractivity contribution in [3.05, 3.63) is 18.5 Å². The van der Waals surface area contributed by atoms with Gasteiger partial charge in [-0.05, 0) is 31.9 Å². The number of piperazine rings is 1. The van der Waals surface area contributed by atoms with Crippen molar-refractivity contribution in [1.82, 2.24) is 25.5 Å². The van der Waals surface area contributed by atoms with Gasteiger partial charge in [-0.1, -0.05) is 0 Å². The molecule has 134 valence electrons. The smallest absolute Gasteiger partial charge is 0.225 e. The minimum Gasteiger partial charge on any atom is -0.356 e. The Morgan fingerprint density at radius 2 is 1.92 bits per heavy atom. The van der Waals surface area contributed by atoms with Gasteiger partial charge in [0.15, 0.2) is 5.96 Å². The van der Waals surface area contributed by atoms with Crippen LogP contribution in [0.25, 0.3) is 0 Å². The summed E-state index contributed by atoms with van der Waals surface area (Å²) < 4.78 is 0. The molecule has 1 saturated heterocycles. The highest BCUT2D eigenvalue weighted by Crippen LogP contribution is 2.18. The SMILES string of the molecule is CN=C(NCCCN1CCN(c2ncccn2)CC1)NC1CC1.I. The van der Waals surface area contributed by atoms with E-state index in [-0.39, 0.29) is 24.0 Å².